The van der Waals surface area contributed by atoms with Gasteiger partial charge in [0, 0.05) is 29.3 Å². The standard InChI is InChI=1S/C23H26F5N3O4/c1-11-16(13-5-6-14(24)17(25)18(13)34-4)19(35-22(11,3)23(26,27)28)20(33)31-12-7-8-30-15(9-12)21(2,29)10-32/h5-9,11,16,19,32H,10,29H2,1-4H3,(H,30,31,33)/t11-,16-,19+,21+,22+/m0/s1. The van der Waals surface area contributed by atoms with Gasteiger partial charge in [-0.05, 0) is 32.0 Å². The fourth-order valence-electron chi connectivity index (χ4n) is 4.16. The number of nitrogens with one attached hydrogen (secondary N) is 1. The quantitative estimate of drug-likeness (QED) is 0.520. The van der Waals surface area contributed by atoms with Crippen LogP contribution in [0.1, 0.15) is 37.9 Å². The van der Waals surface area contributed by atoms with Crippen LogP contribution in [0.4, 0.5) is 27.6 Å². The summed E-state index contributed by atoms with van der Waals surface area (Å²) in [5.74, 6) is -6.93. The number of methoxy groups -OCH3 is 1. The number of nitrogens with zero attached hydrogens (tertiary/aromatic N) is 1. The molecule has 4 N–H and O–H groups in total. The second kappa shape index (κ2) is 9.32. The number of hydrogen-bond donors (Lipinski definition) is 3. The van der Waals surface area contributed by atoms with Crippen molar-refractivity contribution in [2.75, 3.05) is 19.0 Å². The topological polar surface area (TPSA) is 107 Å². The molecule has 1 fully saturated rings. The summed E-state index contributed by atoms with van der Waals surface area (Å²) in [5.41, 5.74) is 2.16. The van der Waals surface area contributed by atoms with Crippen LogP contribution in [0.5, 0.6) is 5.75 Å². The zero-order valence-corrected chi connectivity index (χ0v) is 19.4. The number of nitrogens with two attached hydrogens (primary N) is 1. The van der Waals surface area contributed by atoms with Gasteiger partial charge in [0.25, 0.3) is 5.91 Å². The zero-order valence-electron chi connectivity index (χ0n) is 19.4. The number of carbonyl (C=O) groups is 1. The van der Waals surface area contributed by atoms with E-state index in [-0.39, 0.29) is 16.9 Å². The van der Waals surface area contributed by atoms with Gasteiger partial charge in [0.15, 0.2) is 17.2 Å². The molecule has 7 nitrogen and oxygen atoms in total. The van der Waals surface area contributed by atoms with Crippen molar-refractivity contribution < 1.29 is 41.3 Å². The largest absolute Gasteiger partial charge is 0.493 e. The number of benzene rings is 1. The highest BCUT2D eigenvalue weighted by molar-refractivity contribution is 5.95. The number of anilines is 1. The molecule has 0 aliphatic carbocycles. The van der Waals surface area contributed by atoms with Gasteiger partial charge in [0.05, 0.1) is 24.9 Å². The molecule has 12 heteroatoms. The number of amides is 1. The van der Waals surface area contributed by atoms with E-state index in [1.54, 1.807) is 0 Å². The van der Waals surface area contributed by atoms with Crippen LogP contribution in [0, 0.1) is 17.6 Å². The van der Waals surface area contributed by atoms with Gasteiger partial charge in [-0.2, -0.15) is 17.6 Å². The number of aliphatic hydroxyl groups excluding tert-OH is 1. The van der Waals surface area contributed by atoms with Gasteiger partial charge in [-0.1, -0.05) is 13.0 Å². The Morgan fingerprint density at radius 1 is 1.31 bits per heavy atom. The Bertz CT molecular complexity index is 1110. The van der Waals surface area contributed by atoms with Crippen LogP contribution in [0.3, 0.4) is 0 Å². The van der Waals surface area contributed by atoms with Crippen molar-refractivity contribution in [3.63, 3.8) is 0 Å². The first kappa shape index (κ1) is 26.8. The van der Waals surface area contributed by atoms with E-state index in [2.05, 4.69) is 10.3 Å². The number of halogens is 5. The minimum Gasteiger partial charge on any atom is -0.493 e. The van der Waals surface area contributed by atoms with Gasteiger partial charge in [-0.15, -0.1) is 0 Å². The summed E-state index contributed by atoms with van der Waals surface area (Å²) in [6, 6.07) is 4.58. The summed E-state index contributed by atoms with van der Waals surface area (Å²) < 4.78 is 80.6. The first-order valence-corrected chi connectivity index (χ1v) is 10.6. The van der Waals surface area contributed by atoms with Crippen LogP contribution in [0.15, 0.2) is 30.5 Å². The maximum Gasteiger partial charge on any atom is 0.417 e. The van der Waals surface area contributed by atoms with Crippen molar-refractivity contribution in [3.05, 3.63) is 53.4 Å². The van der Waals surface area contributed by atoms with E-state index in [0.29, 0.717) is 0 Å². The molecule has 0 spiro atoms. The van der Waals surface area contributed by atoms with Crippen molar-refractivity contribution >= 4 is 11.6 Å². The minimum atomic E-state index is -4.88. The molecule has 1 aliphatic rings. The molecule has 3 rings (SSSR count). The van der Waals surface area contributed by atoms with Gasteiger partial charge >= 0.3 is 6.18 Å². The molecule has 0 radical (unpaired) electrons. The number of ether oxygens (including phenoxy) is 2. The molecule has 1 saturated heterocycles. The van der Waals surface area contributed by atoms with Crippen molar-refractivity contribution in [3.8, 4) is 5.75 Å². The van der Waals surface area contributed by atoms with E-state index in [1.165, 1.54) is 32.2 Å². The molecule has 1 aromatic carbocycles. The molecule has 0 saturated carbocycles. The Labute approximate surface area is 198 Å². The third-order valence-electron chi connectivity index (χ3n) is 6.51. The van der Waals surface area contributed by atoms with Gasteiger partial charge < -0.3 is 25.6 Å². The summed E-state index contributed by atoms with van der Waals surface area (Å²) in [5, 5.41) is 11.9. The number of aromatic nitrogens is 1. The smallest absolute Gasteiger partial charge is 0.417 e. The molecule has 0 unspecified atom stereocenters. The molecule has 2 aromatic rings. The summed E-state index contributed by atoms with van der Waals surface area (Å²) in [6.07, 6.45) is -5.31. The molecule has 1 aromatic heterocycles. The zero-order chi connectivity index (χ0) is 26.3. The summed E-state index contributed by atoms with van der Waals surface area (Å²) >= 11 is 0. The lowest BCUT2D eigenvalue weighted by Crippen LogP contribution is -2.47. The van der Waals surface area contributed by atoms with Crippen LogP contribution in [-0.2, 0) is 15.1 Å². The average molecular weight is 503 g/mol. The number of hydrogen-bond acceptors (Lipinski definition) is 6. The van der Waals surface area contributed by atoms with Crippen molar-refractivity contribution in [2.45, 2.75) is 50.1 Å². The SMILES string of the molecule is COc1c([C@H]2[C@H](C(=O)Nc3ccnc([C@](C)(N)CO)c3)O[C@@](C)(C(F)(F)F)[C@H]2C)ccc(F)c1F. The number of aliphatic hydroxyl groups is 1. The highest BCUT2D eigenvalue weighted by atomic mass is 19.4. The van der Waals surface area contributed by atoms with E-state index >= 15 is 0 Å². The third kappa shape index (κ3) is 4.69. The number of carbonyl (C=O) groups excluding carboxylic acids is 1. The van der Waals surface area contributed by atoms with Crippen LogP contribution >= 0.6 is 0 Å². The van der Waals surface area contributed by atoms with Gasteiger partial charge in [-0.25, -0.2) is 4.39 Å². The fraction of sp³-hybridized carbons (Fsp3) is 0.478. The van der Waals surface area contributed by atoms with Crippen LogP contribution < -0.4 is 15.8 Å². The highest BCUT2D eigenvalue weighted by Gasteiger charge is 2.65. The molecule has 1 aliphatic heterocycles. The second-order valence-electron chi connectivity index (χ2n) is 8.94. The lowest BCUT2D eigenvalue weighted by molar-refractivity contribution is -0.272. The number of pyridine rings is 1. The lowest BCUT2D eigenvalue weighted by Gasteiger charge is -2.32. The first-order chi connectivity index (χ1) is 16.2. The molecule has 5 atom stereocenters. The van der Waals surface area contributed by atoms with Crippen molar-refractivity contribution in [2.24, 2.45) is 11.7 Å². The maximum absolute atomic E-state index is 14.4. The second-order valence-corrected chi connectivity index (χ2v) is 8.94. The molecule has 192 valence electrons. The van der Waals surface area contributed by atoms with Crippen LogP contribution in [-0.4, -0.2) is 47.6 Å². The van der Waals surface area contributed by atoms with Crippen LogP contribution in [0.25, 0.3) is 0 Å². The van der Waals surface area contributed by atoms with E-state index in [1.807, 2.05) is 0 Å². The van der Waals surface area contributed by atoms with Gasteiger partial charge in [0.1, 0.15) is 6.10 Å². The Hall–Kier alpha value is -2.83. The monoisotopic (exact) mass is 503 g/mol. The van der Waals surface area contributed by atoms with Gasteiger partial charge in [0.2, 0.25) is 5.82 Å². The van der Waals surface area contributed by atoms with Crippen molar-refractivity contribution in [1.29, 1.82) is 0 Å². The number of rotatable bonds is 6. The summed E-state index contributed by atoms with van der Waals surface area (Å²) in [6.45, 7) is 3.07. The maximum atomic E-state index is 14.4. The predicted molar refractivity (Wildman–Crippen MR) is 116 cm³/mol. The Morgan fingerprint density at radius 2 is 1.97 bits per heavy atom. The van der Waals surface area contributed by atoms with E-state index in [0.717, 1.165) is 26.2 Å². The first-order valence-electron chi connectivity index (χ1n) is 10.6. The predicted octanol–water partition coefficient (Wildman–Crippen LogP) is 3.61. The van der Waals surface area contributed by atoms with E-state index in [4.69, 9.17) is 15.2 Å². The fourth-order valence-corrected chi connectivity index (χ4v) is 4.16. The van der Waals surface area contributed by atoms with E-state index < -0.39 is 65.2 Å². The van der Waals surface area contributed by atoms with E-state index in [9.17, 15) is 31.9 Å². The molecule has 35 heavy (non-hydrogen) atoms. The molecular formula is C23H26F5N3O4. The Balaban J connectivity index is 2.06. The molecular weight excluding hydrogens is 477 g/mol. The Kier molecular flexibility index (Phi) is 7.13. The third-order valence-corrected chi connectivity index (χ3v) is 6.51. The average Bonchev–Trinajstić information content (AvgIpc) is 3.07. The minimum absolute atomic E-state index is 0.137. The van der Waals surface area contributed by atoms with Gasteiger partial charge in [-0.3, -0.25) is 9.78 Å². The van der Waals surface area contributed by atoms with Crippen molar-refractivity contribution in [1.82, 2.24) is 4.98 Å². The Morgan fingerprint density at radius 3 is 2.54 bits per heavy atom. The lowest BCUT2D eigenvalue weighted by atomic mass is 9.77. The molecule has 0 bridgehead atoms. The number of alkyl halides is 3. The summed E-state index contributed by atoms with van der Waals surface area (Å²) in [4.78, 5) is 17.3. The van der Waals surface area contributed by atoms with Crippen LogP contribution in [0.2, 0.25) is 0 Å². The normalized spacial score (nSPS) is 26.3. The molecule has 1 amide bonds. The molecule has 2 heterocycles. The highest BCUT2D eigenvalue weighted by Crippen LogP contribution is 2.55. The summed E-state index contributed by atoms with van der Waals surface area (Å²) in [7, 11) is 1.04.